The van der Waals surface area contributed by atoms with Crippen LogP contribution in [0.25, 0.3) is 0 Å². The number of nitrogens with zero attached hydrogens (tertiary/aromatic N) is 2. The van der Waals surface area contributed by atoms with E-state index < -0.39 is 5.97 Å². The second-order valence-electron chi connectivity index (χ2n) is 6.51. The number of likely N-dealkylation sites (tertiary alicyclic amines) is 1. The van der Waals surface area contributed by atoms with Gasteiger partial charge in [0.2, 0.25) is 11.8 Å². The first-order chi connectivity index (χ1) is 12.1. The number of carbonyl (C=O) groups is 3. The number of nitriles is 1. The largest absolute Gasteiger partial charge is 0.461 e. The number of hydrogen-bond donors (Lipinski definition) is 0. The summed E-state index contributed by atoms with van der Waals surface area (Å²) in [7, 11) is 0. The van der Waals surface area contributed by atoms with Gasteiger partial charge in [0.05, 0.1) is 29.9 Å². The number of benzene rings is 1. The predicted octanol–water partition coefficient (Wildman–Crippen LogP) is 2.17. The second kappa shape index (κ2) is 7.47. The molecule has 0 unspecified atom stereocenters. The van der Waals surface area contributed by atoms with Gasteiger partial charge in [-0.1, -0.05) is 31.0 Å². The van der Waals surface area contributed by atoms with Crippen LogP contribution in [0.3, 0.4) is 0 Å². The molecule has 2 fully saturated rings. The van der Waals surface area contributed by atoms with Gasteiger partial charge < -0.3 is 4.74 Å². The number of esters is 1. The van der Waals surface area contributed by atoms with Crippen LogP contribution in [0.2, 0.25) is 0 Å². The highest BCUT2D eigenvalue weighted by atomic mass is 16.5. The minimum atomic E-state index is -0.483. The fourth-order valence-electron chi connectivity index (χ4n) is 3.64. The maximum Gasteiger partial charge on any atom is 0.307 e. The fourth-order valence-corrected chi connectivity index (χ4v) is 3.64. The molecule has 0 bridgehead atoms. The Labute approximate surface area is 146 Å². The van der Waals surface area contributed by atoms with E-state index in [9.17, 15) is 14.4 Å². The van der Waals surface area contributed by atoms with Crippen molar-refractivity contribution in [3.05, 3.63) is 35.4 Å². The molecule has 0 aromatic heterocycles. The van der Waals surface area contributed by atoms with Crippen LogP contribution in [0, 0.1) is 23.2 Å². The van der Waals surface area contributed by atoms with Gasteiger partial charge in [-0.25, -0.2) is 0 Å². The van der Waals surface area contributed by atoms with Gasteiger partial charge in [-0.3, -0.25) is 19.3 Å². The molecule has 1 saturated heterocycles. The Balaban J connectivity index is 1.52. The lowest BCUT2D eigenvalue weighted by Gasteiger charge is -2.19. The third-order valence-corrected chi connectivity index (χ3v) is 5.00. The van der Waals surface area contributed by atoms with Crippen LogP contribution in [0.1, 0.15) is 43.2 Å². The van der Waals surface area contributed by atoms with Crippen LogP contribution in [0.4, 0.5) is 0 Å². The summed E-state index contributed by atoms with van der Waals surface area (Å²) in [5, 5.41) is 9.02. The molecule has 6 nitrogen and oxygen atoms in total. The molecule has 25 heavy (non-hydrogen) atoms. The van der Waals surface area contributed by atoms with E-state index in [4.69, 9.17) is 10.00 Å². The summed E-state index contributed by atoms with van der Waals surface area (Å²) in [6, 6.07) is 8.95. The Hall–Kier alpha value is -2.68. The highest BCUT2D eigenvalue weighted by Gasteiger charge is 2.47. The summed E-state index contributed by atoms with van der Waals surface area (Å²) in [5.74, 6) is -1.16. The van der Waals surface area contributed by atoms with Gasteiger partial charge in [-0.15, -0.1) is 0 Å². The van der Waals surface area contributed by atoms with E-state index in [-0.39, 0.29) is 43.2 Å². The Morgan fingerprint density at radius 3 is 2.44 bits per heavy atom. The zero-order valence-electron chi connectivity index (χ0n) is 13.9. The van der Waals surface area contributed by atoms with Crippen LogP contribution < -0.4 is 0 Å². The van der Waals surface area contributed by atoms with E-state index in [1.807, 2.05) is 6.07 Å². The molecule has 0 N–H and O–H groups in total. The Bertz CT molecular complexity index is 713. The summed E-state index contributed by atoms with van der Waals surface area (Å²) in [4.78, 5) is 37.9. The van der Waals surface area contributed by atoms with Crippen LogP contribution in [-0.2, 0) is 25.7 Å². The van der Waals surface area contributed by atoms with E-state index >= 15 is 0 Å². The van der Waals surface area contributed by atoms with E-state index in [1.54, 1.807) is 24.3 Å². The smallest absolute Gasteiger partial charge is 0.307 e. The molecular formula is C19H20N2O4. The molecule has 2 aliphatic rings. The van der Waals surface area contributed by atoms with Crippen molar-refractivity contribution >= 4 is 17.8 Å². The molecular weight excluding hydrogens is 320 g/mol. The van der Waals surface area contributed by atoms with E-state index in [0.29, 0.717) is 11.1 Å². The van der Waals surface area contributed by atoms with Crippen molar-refractivity contribution in [3.8, 4) is 6.07 Å². The van der Waals surface area contributed by atoms with Crippen molar-refractivity contribution in [2.24, 2.45) is 11.8 Å². The number of fused-ring (bicyclic) bond motifs is 1. The number of ether oxygens (including phenoxy) is 1. The first kappa shape index (κ1) is 17.2. The standard InChI is InChI=1S/C19H20N2O4/c20-11-13-5-1-2-6-14(13)12-25-17(22)9-10-21-18(23)15-7-3-4-8-16(15)19(21)24/h1-2,5-6,15-16H,3-4,7-10,12H2/t15-,16-/m1/s1. The molecule has 1 aromatic carbocycles. The first-order valence-electron chi connectivity index (χ1n) is 8.60. The normalized spacial score (nSPS) is 22.4. The Morgan fingerprint density at radius 2 is 1.80 bits per heavy atom. The summed E-state index contributed by atoms with van der Waals surface area (Å²) in [6.07, 6.45) is 3.47. The van der Waals surface area contributed by atoms with Crippen LogP contribution in [-0.4, -0.2) is 29.2 Å². The Kier molecular flexibility index (Phi) is 5.13. The molecule has 2 atom stereocenters. The van der Waals surface area contributed by atoms with Gasteiger partial charge in [-0.2, -0.15) is 5.26 Å². The molecule has 1 heterocycles. The van der Waals surface area contributed by atoms with Crippen LogP contribution >= 0.6 is 0 Å². The summed E-state index contributed by atoms with van der Waals surface area (Å²) < 4.78 is 5.18. The first-order valence-corrected chi connectivity index (χ1v) is 8.60. The highest BCUT2D eigenvalue weighted by Crippen LogP contribution is 2.37. The Morgan fingerprint density at radius 1 is 1.16 bits per heavy atom. The topological polar surface area (TPSA) is 87.5 Å². The summed E-state index contributed by atoms with van der Waals surface area (Å²) >= 11 is 0. The van der Waals surface area contributed by atoms with Gasteiger partial charge in [-0.05, 0) is 18.9 Å². The molecule has 6 heteroatoms. The van der Waals surface area contributed by atoms with Crippen molar-refractivity contribution in [1.29, 1.82) is 5.26 Å². The number of rotatable bonds is 5. The van der Waals surface area contributed by atoms with Crippen molar-refractivity contribution in [3.63, 3.8) is 0 Å². The number of hydrogen-bond acceptors (Lipinski definition) is 5. The minimum absolute atomic E-state index is 0.00963. The van der Waals surface area contributed by atoms with Crippen molar-refractivity contribution in [2.75, 3.05) is 6.54 Å². The molecule has 1 aliphatic heterocycles. The van der Waals surface area contributed by atoms with Crippen molar-refractivity contribution in [2.45, 2.75) is 38.7 Å². The molecule has 1 aromatic rings. The van der Waals surface area contributed by atoms with E-state index in [2.05, 4.69) is 0 Å². The van der Waals surface area contributed by atoms with Gasteiger partial charge >= 0.3 is 5.97 Å². The molecule has 1 saturated carbocycles. The lowest BCUT2D eigenvalue weighted by atomic mass is 9.81. The highest BCUT2D eigenvalue weighted by molar-refractivity contribution is 6.05. The van der Waals surface area contributed by atoms with E-state index in [0.717, 1.165) is 25.7 Å². The predicted molar refractivity (Wildman–Crippen MR) is 87.7 cm³/mol. The van der Waals surface area contributed by atoms with E-state index in [1.165, 1.54) is 4.90 Å². The molecule has 3 rings (SSSR count). The summed E-state index contributed by atoms with van der Waals surface area (Å²) in [6.45, 7) is 0.0824. The molecule has 0 radical (unpaired) electrons. The van der Waals surface area contributed by atoms with Crippen LogP contribution in [0.5, 0.6) is 0 Å². The number of carbonyl (C=O) groups excluding carboxylic acids is 3. The fraction of sp³-hybridized carbons (Fsp3) is 0.474. The minimum Gasteiger partial charge on any atom is -0.461 e. The molecule has 0 spiro atoms. The molecule has 130 valence electrons. The van der Waals surface area contributed by atoms with Gasteiger partial charge in [0.15, 0.2) is 0 Å². The molecule has 2 amide bonds. The van der Waals surface area contributed by atoms with Gasteiger partial charge in [0, 0.05) is 12.1 Å². The SMILES string of the molecule is N#Cc1ccccc1COC(=O)CCN1C(=O)[C@@H]2CCCC[C@H]2C1=O. The zero-order valence-corrected chi connectivity index (χ0v) is 13.9. The van der Waals surface area contributed by atoms with Crippen molar-refractivity contribution < 1.29 is 19.1 Å². The monoisotopic (exact) mass is 340 g/mol. The number of imide groups is 1. The number of amides is 2. The third kappa shape index (κ3) is 3.55. The quantitative estimate of drug-likeness (QED) is 0.605. The maximum atomic E-state index is 12.3. The maximum absolute atomic E-state index is 12.3. The second-order valence-corrected chi connectivity index (χ2v) is 6.51. The third-order valence-electron chi connectivity index (χ3n) is 5.00. The van der Waals surface area contributed by atoms with Gasteiger partial charge in [0.25, 0.3) is 0 Å². The lowest BCUT2D eigenvalue weighted by molar-refractivity contribution is -0.146. The summed E-state index contributed by atoms with van der Waals surface area (Å²) in [5.41, 5.74) is 1.10. The zero-order chi connectivity index (χ0) is 17.8. The van der Waals surface area contributed by atoms with Crippen LogP contribution in [0.15, 0.2) is 24.3 Å². The van der Waals surface area contributed by atoms with Gasteiger partial charge in [0.1, 0.15) is 6.61 Å². The average molecular weight is 340 g/mol. The molecule has 1 aliphatic carbocycles. The lowest BCUT2D eigenvalue weighted by Crippen LogP contribution is -2.33. The average Bonchev–Trinajstić information content (AvgIpc) is 2.89. The van der Waals surface area contributed by atoms with Crippen molar-refractivity contribution in [1.82, 2.24) is 4.90 Å².